The normalized spacial score (nSPS) is 23.9. The lowest BCUT2D eigenvalue weighted by Gasteiger charge is -2.27. The molecule has 0 aromatic carbocycles. The van der Waals surface area contributed by atoms with Crippen molar-refractivity contribution in [2.75, 3.05) is 20.8 Å². The van der Waals surface area contributed by atoms with Crippen molar-refractivity contribution in [1.82, 2.24) is 4.90 Å². The Morgan fingerprint density at radius 2 is 1.83 bits per heavy atom. The molecule has 1 heterocycles. The third-order valence-corrected chi connectivity index (χ3v) is 2.70. The van der Waals surface area contributed by atoms with Crippen molar-refractivity contribution in [2.45, 2.75) is 44.9 Å². The van der Waals surface area contributed by atoms with Crippen LogP contribution in [0.3, 0.4) is 0 Å². The maximum atomic E-state index is 12.0. The number of nitrogens with zero attached hydrogens (tertiary/aromatic N) is 1. The van der Waals surface area contributed by atoms with Crippen molar-refractivity contribution >= 4 is 12.1 Å². The first-order valence-corrected chi connectivity index (χ1v) is 5.88. The van der Waals surface area contributed by atoms with E-state index in [2.05, 4.69) is 0 Å². The van der Waals surface area contributed by atoms with Crippen LogP contribution in [0.15, 0.2) is 0 Å². The summed E-state index contributed by atoms with van der Waals surface area (Å²) in [6, 6.07) is -0.630. The third kappa shape index (κ3) is 3.60. The Morgan fingerprint density at radius 1 is 1.22 bits per heavy atom. The summed E-state index contributed by atoms with van der Waals surface area (Å²) in [6.45, 7) is 5.68. The van der Waals surface area contributed by atoms with Gasteiger partial charge in [-0.2, -0.15) is 0 Å². The Balaban J connectivity index is 2.77. The molecule has 1 aliphatic heterocycles. The van der Waals surface area contributed by atoms with E-state index in [-0.39, 0.29) is 6.10 Å². The van der Waals surface area contributed by atoms with Gasteiger partial charge >= 0.3 is 12.1 Å². The Morgan fingerprint density at radius 3 is 2.28 bits per heavy atom. The van der Waals surface area contributed by atoms with Gasteiger partial charge in [-0.3, -0.25) is 4.90 Å². The fourth-order valence-corrected chi connectivity index (χ4v) is 1.85. The zero-order valence-corrected chi connectivity index (χ0v) is 11.6. The summed E-state index contributed by atoms with van der Waals surface area (Å²) in [7, 11) is 2.85. The van der Waals surface area contributed by atoms with E-state index in [1.54, 1.807) is 27.9 Å². The largest absolute Gasteiger partial charge is 0.467 e. The lowest BCUT2D eigenvalue weighted by atomic mass is 10.2. The van der Waals surface area contributed by atoms with Crippen LogP contribution >= 0.6 is 0 Å². The molecule has 0 bridgehead atoms. The molecular formula is C12H21NO5. The van der Waals surface area contributed by atoms with Gasteiger partial charge in [-0.15, -0.1) is 0 Å². The van der Waals surface area contributed by atoms with Crippen molar-refractivity contribution < 1.29 is 23.8 Å². The highest BCUT2D eigenvalue weighted by Crippen LogP contribution is 2.23. The zero-order valence-electron chi connectivity index (χ0n) is 11.6. The van der Waals surface area contributed by atoms with Gasteiger partial charge in [-0.1, -0.05) is 0 Å². The van der Waals surface area contributed by atoms with Gasteiger partial charge < -0.3 is 14.2 Å². The summed E-state index contributed by atoms with van der Waals surface area (Å²) < 4.78 is 15.1. The SMILES string of the molecule is COC(=O)[C@@H]1C[C@H](OC)CN1C(=O)OC(C)(C)C. The van der Waals surface area contributed by atoms with Crippen LogP contribution in [0.25, 0.3) is 0 Å². The van der Waals surface area contributed by atoms with Gasteiger partial charge in [0.25, 0.3) is 0 Å². The molecule has 1 saturated heterocycles. The van der Waals surface area contributed by atoms with Crippen LogP contribution in [0.1, 0.15) is 27.2 Å². The predicted octanol–water partition coefficient (Wildman–Crippen LogP) is 1.18. The van der Waals surface area contributed by atoms with Gasteiger partial charge in [0.2, 0.25) is 0 Å². The Labute approximate surface area is 107 Å². The van der Waals surface area contributed by atoms with E-state index in [0.717, 1.165) is 0 Å². The maximum absolute atomic E-state index is 12.0. The fourth-order valence-electron chi connectivity index (χ4n) is 1.85. The molecule has 0 N–H and O–H groups in total. The Bertz CT molecular complexity index is 323. The molecule has 0 aromatic rings. The van der Waals surface area contributed by atoms with E-state index in [9.17, 15) is 9.59 Å². The molecule has 6 nitrogen and oxygen atoms in total. The van der Waals surface area contributed by atoms with Gasteiger partial charge in [-0.05, 0) is 20.8 Å². The first-order chi connectivity index (χ1) is 8.28. The third-order valence-electron chi connectivity index (χ3n) is 2.70. The van der Waals surface area contributed by atoms with Crippen LogP contribution in [-0.2, 0) is 19.0 Å². The smallest absolute Gasteiger partial charge is 0.411 e. The minimum absolute atomic E-state index is 0.165. The number of hydrogen-bond acceptors (Lipinski definition) is 5. The minimum atomic E-state index is -0.630. The van der Waals surface area contributed by atoms with Gasteiger partial charge in [0.05, 0.1) is 19.8 Å². The summed E-state index contributed by atoms with van der Waals surface area (Å²) in [5.74, 6) is -0.444. The van der Waals surface area contributed by atoms with Crippen LogP contribution in [0, 0.1) is 0 Å². The van der Waals surface area contributed by atoms with Crippen molar-refractivity contribution in [1.29, 1.82) is 0 Å². The van der Waals surface area contributed by atoms with E-state index in [1.807, 2.05) is 0 Å². The zero-order chi connectivity index (χ0) is 13.9. The van der Waals surface area contributed by atoms with Crippen LogP contribution in [-0.4, -0.2) is 55.5 Å². The van der Waals surface area contributed by atoms with E-state index in [0.29, 0.717) is 13.0 Å². The van der Waals surface area contributed by atoms with Crippen molar-refractivity contribution in [3.63, 3.8) is 0 Å². The number of likely N-dealkylation sites (tertiary alicyclic amines) is 1. The highest BCUT2D eigenvalue weighted by atomic mass is 16.6. The highest BCUT2D eigenvalue weighted by molar-refractivity contribution is 5.82. The molecule has 18 heavy (non-hydrogen) atoms. The molecule has 1 aliphatic rings. The van der Waals surface area contributed by atoms with E-state index >= 15 is 0 Å². The van der Waals surface area contributed by atoms with Crippen LogP contribution in [0.5, 0.6) is 0 Å². The average Bonchev–Trinajstić information content (AvgIpc) is 2.69. The lowest BCUT2D eigenvalue weighted by molar-refractivity contribution is -0.145. The molecule has 0 aliphatic carbocycles. The standard InChI is InChI=1S/C12H21NO5/c1-12(2,3)18-11(15)13-7-8(16-4)6-9(13)10(14)17-5/h8-9H,6-7H2,1-5H3/t8-,9-/m0/s1. The van der Waals surface area contributed by atoms with Crippen LogP contribution in [0.4, 0.5) is 4.79 Å². The second-order valence-corrected chi connectivity index (χ2v) is 5.27. The van der Waals surface area contributed by atoms with Crippen LogP contribution in [0.2, 0.25) is 0 Å². The quantitative estimate of drug-likeness (QED) is 0.697. The number of esters is 1. The van der Waals surface area contributed by atoms with Gasteiger partial charge in [0.1, 0.15) is 11.6 Å². The molecule has 2 atom stereocenters. The second kappa shape index (κ2) is 5.56. The van der Waals surface area contributed by atoms with Gasteiger partial charge in [0, 0.05) is 13.5 Å². The second-order valence-electron chi connectivity index (χ2n) is 5.27. The number of ether oxygens (including phenoxy) is 3. The average molecular weight is 259 g/mol. The summed E-state index contributed by atoms with van der Waals surface area (Å²) in [4.78, 5) is 25.0. The highest BCUT2D eigenvalue weighted by Gasteiger charge is 2.42. The first kappa shape index (κ1) is 14.8. The number of methoxy groups -OCH3 is 2. The molecule has 0 saturated carbocycles. The number of hydrogen-bond donors (Lipinski definition) is 0. The molecular weight excluding hydrogens is 238 g/mol. The molecule has 104 valence electrons. The Hall–Kier alpha value is -1.30. The fraction of sp³-hybridized carbons (Fsp3) is 0.833. The van der Waals surface area contributed by atoms with Gasteiger partial charge in [0.15, 0.2) is 0 Å². The monoisotopic (exact) mass is 259 g/mol. The van der Waals surface area contributed by atoms with Crippen molar-refractivity contribution in [3.05, 3.63) is 0 Å². The van der Waals surface area contributed by atoms with E-state index in [1.165, 1.54) is 12.0 Å². The number of amides is 1. The molecule has 6 heteroatoms. The molecule has 1 rings (SSSR count). The molecule has 0 unspecified atom stereocenters. The molecule has 1 fully saturated rings. The first-order valence-electron chi connectivity index (χ1n) is 5.88. The summed E-state index contributed by atoms with van der Waals surface area (Å²) in [5.41, 5.74) is -0.594. The maximum Gasteiger partial charge on any atom is 0.411 e. The van der Waals surface area contributed by atoms with Crippen LogP contribution < -0.4 is 0 Å². The molecule has 0 radical (unpaired) electrons. The number of rotatable bonds is 2. The number of carbonyl (C=O) groups excluding carboxylic acids is 2. The summed E-state index contributed by atoms with van der Waals surface area (Å²) in [6.07, 6.45) is -0.248. The number of carbonyl (C=O) groups is 2. The van der Waals surface area contributed by atoms with Gasteiger partial charge in [-0.25, -0.2) is 9.59 Å². The molecule has 0 spiro atoms. The molecule has 1 amide bonds. The molecule has 0 aromatic heterocycles. The lowest BCUT2D eigenvalue weighted by Crippen LogP contribution is -2.44. The van der Waals surface area contributed by atoms with E-state index in [4.69, 9.17) is 14.2 Å². The summed E-state index contributed by atoms with van der Waals surface area (Å²) >= 11 is 0. The topological polar surface area (TPSA) is 65.1 Å². The summed E-state index contributed by atoms with van der Waals surface area (Å²) in [5, 5.41) is 0. The predicted molar refractivity (Wildman–Crippen MR) is 64.2 cm³/mol. The van der Waals surface area contributed by atoms with Crippen molar-refractivity contribution in [2.24, 2.45) is 0 Å². The van der Waals surface area contributed by atoms with E-state index < -0.39 is 23.7 Å². The Kier molecular flexibility index (Phi) is 4.56. The minimum Gasteiger partial charge on any atom is -0.467 e. The van der Waals surface area contributed by atoms with Crippen molar-refractivity contribution in [3.8, 4) is 0 Å².